The van der Waals surface area contributed by atoms with Gasteiger partial charge < -0.3 is 5.11 Å². The summed E-state index contributed by atoms with van der Waals surface area (Å²) in [5.74, 6) is 0.430. The summed E-state index contributed by atoms with van der Waals surface area (Å²) in [5, 5.41) is 14.1. The van der Waals surface area contributed by atoms with E-state index in [4.69, 9.17) is 0 Å². The summed E-state index contributed by atoms with van der Waals surface area (Å²) >= 11 is 0. The van der Waals surface area contributed by atoms with E-state index < -0.39 is 0 Å². The number of hydrogen-bond acceptors (Lipinski definition) is 3. The highest BCUT2D eigenvalue weighted by Gasteiger charge is 2.23. The van der Waals surface area contributed by atoms with Gasteiger partial charge in [-0.2, -0.15) is 5.10 Å². The minimum atomic E-state index is -0.189. The monoisotopic (exact) mass is 251 g/mol. The summed E-state index contributed by atoms with van der Waals surface area (Å²) in [5.41, 5.74) is 1.27. The van der Waals surface area contributed by atoms with Crippen LogP contribution in [0.4, 0.5) is 0 Å². The van der Waals surface area contributed by atoms with Crippen molar-refractivity contribution in [1.82, 2.24) is 14.7 Å². The summed E-state index contributed by atoms with van der Waals surface area (Å²) in [4.78, 5) is 2.43. The summed E-state index contributed by atoms with van der Waals surface area (Å²) in [7, 11) is 0. The van der Waals surface area contributed by atoms with Gasteiger partial charge in [-0.3, -0.25) is 9.58 Å². The first-order valence-corrected chi connectivity index (χ1v) is 6.99. The van der Waals surface area contributed by atoms with Gasteiger partial charge in [0.05, 0.1) is 12.3 Å². The van der Waals surface area contributed by atoms with Crippen molar-refractivity contribution < 1.29 is 5.11 Å². The number of aromatic nitrogens is 2. The zero-order chi connectivity index (χ0) is 13.1. The molecular weight excluding hydrogens is 226 g/mol. The predicted molar refractivity (Wildman–Crippen MR) is 72.3 cm³/mol. The molecule has 1 fully saturated rings. The first-order valence-electron chi connectivity index (χ1n) is 6.99. The van der Waals surface area contributed by atoms with Crippen molar-refractivity contribution >= 4 is 0 Å². The van der Waals surface area contributed by atoms with Gasteiger partial charge in [-0.25, -0.2) is 0 Å². The normalized spacial score (nSPS) is 23.5. The molecule has 1 aromatic rings. The number of rotatable bonds is 4. The number of likely N-dealkylation sites (tertiary alicyclic amines) is 1. The highest BCUT2D eigenvalue weighted by atomic mass is 16.3. The lowest BCUT2D eigenvalue weighted by Gasteiger charge is -2.33. The third kappa shape index (κ3) is 3.33. The molecule has 2 atom stereocenters. The molecule has 0 amide bonds. The Morgan fingerprint density at radius 1 is 1.44 bits per heavy atom. The number of aliphatic hydroxyl groups excluding tert-OH is 1. The highest BCUT2D eigenvalue weighted by Crippen LogP contribution is 2.21. The van der Waals surface area contributed by atoms with Crippen LogP contribution in [0.15, 0.2) is 12.4 Å². The van der Waals surface area contributed by atoms with Crippen LogP contribution in [0.25, 0.3) is 0 Å². The Morgan fingerprint density at radius 2 is 2.22 bits per heavy atom. The van der Waals surface area contributed by atoms with Crippen LogP contribution in [0, 0.1) is 5.92 Å². The van der Waals surface area contributed by atoms with Gasteiger partial charge >= 0.3 is 0 Å². The van der Waals surface area contributed by atoms with Crippen LogP contribution in [-0.2, 0) is 6.54 Å². The quantitative estimate of drug-likeness (QED) is 0.890. The maximum Gasteiger partial charge on any atom is 0.0552 e. The molecule has 1 aromatic heterocycles. The van der Waals surface area contributed by atoms with E-state index >= 15 is 0 Å². The van der Waals surface area contributed by atoms with Gasteiger partial charge in [-0.15, -0.1) is 0 Å². The Bertz CT molecular complexity index is 373. The van der Waals surface area contributed by atoms with Gasteiger partial charge in [0.25, 0.3) is 0 Å². The molecule has 18 heavy (non-hydrogen) atoms. The SMILES string of the molecule is CC(C)n1cc(CN2CCC[C@H]([C@@H](C)O)C2)cn1. The second kappa shape index (κ2) is 5.85. The molecule has 4 nitrogen and oxygen atoms in total. The average molecular weight is 251 g/mol. The second-order valence-electron chi connectivity index (χ2n) is 5.80. The minimum Gasteiger partial charge on any atom is -0.393 e. The molecule has 2 heterocycles. The fourth-order valence-corrected chi connectivity index (χ4v) is 2.63. The molecular formula is C14H25N3O. The minimum absolute atomic E-state index is 0.189. The van der Waals surface area contributed by atoms with E-state index in [-0.39, 0.29) is 6.10 Å². The molecule has 1 aliphatic rings. The molecule has 0 bridgehead atoms. The molecule has 0 saturated carbocycles. The summed E-state index contributed by atoms with van der Waals surface area (Å²) in [6, 6.07) is 0.422. The molecule has 0 spiro atoms. The summed E-state index contributed by atoms with van der Waals surface area (Å²) in [6.45, 7) is 9.28. The third-order valence-corrected chi connectivity index (χ3v) is 3.81. The van der Waals surface area contributed by atoms with E-state index in [1.165, 1.54) is 12.0 Å². The van der Waals surface area contributed by atoms with E-state index in [2.05, 4.69) is 30.0 Å². The number of nitrogens with zero attached hydrogens (tertiary/aromatic N) is 3. The topological polar surface area (TPSA) is 41.3 Å². The smallest absolute Gasteiger partial charge is 0.0552 e. The van der Waals surface area contributed by atoms with Gasteiger partial charge in [0.15, 0.2) is 0 Å². The average Bonchev–Trinajstić information content (AvgIpc) is 2.78. The largest absolute Gasteiger partial charge is 0.393 e. The van der Waals surface area contributed by atoms with Crippen molar-refractivity contribution in [3.63, 3.8) is 0 Å². The van der Waals surface area contributed by atoms with Crippen LogP contribution < -0.4 is 0 Å². The number of hydrogen-bond donors (Lipinski definition) is 1. The Labute approximate surface area is 110 Å². The van der Waals surface area contributed by atoms with Crippen LogP contribution in [-0.4, -0.2) is 39.0 Å². The molecule has 4 heteroatoms. The third-order valence-electron chi connectivity index (χ3n) is 3.81. The summed E-state index contributed by atoms with van der Waals surface area (Å²) < 4.78 is 2.01. The lowest BCUT2D eigenvalue weighted by molar-refractivity contribution is 0.0599. The Kier molecular flexibility index (Phi) is 4.40. The lowest BCUT2D eigenvalue weighted by atomic mass is 9.93. The molecule has 2 rings (SSSR count). The summed E-state index contributed by atoms with van der Waals surface area (Å²) in [6.07, 6.45) is 6.25. The van der Waals surface area contributed by atoms with Crippen molar-refractivity contribution in [2.45, 2.75) is 52.3 Å². The zero-order valence-corrected chi connectivity index (χ0v) is 11.7. The molecule has 0 aliphatic carbocycles. The van der Waals surface area contributed by atoms with Gasteiger partial charge in [0.1, 0.15) is 0 Å². The van der Waals surface area contributed by atoms with Crippen molar-refractivity contribution in [2.24, 2.45) is 5.92 Å². The first-order chi connectivity index (χ1) is 8.56. The highest BCUT2D eigenvalue weighted by molar-refractivity contribution is 5.04. The molecule has 0 aromatic carbocycles. The van der Waals surface area contributed by atoms with E-state index in [9.17, 15) is 5.11 Å². The Balaban J connectivity index is 1.92. The fourth-order valence-electron chi connectivity index (χ4n) is 2.63. The Morgan fingerprint density at radius 3 is 2.83 bits per heavy atom. The molecule has 1 N–H and O–H groups in total. The lowest BCUT2D eigenvalue weighted by Crippen LogP contribution is -2.38. The first kappa shape index (κ1) is 13.6. The maximum atomic E-state index is 9.69. The Hall–Kier alpha value is -0.870. The second-order valence-corrected chi connectivity index (χ2v) is 5.80. The molecule has 1 saturated heterocycles. The van der Waals surface area contributed by atoms with Gasteiger partial charge in [-0.1, -0.05) is 0 Å². The fraction of sp³-hybridized carbons (Fsp3) is 0.786. The maximum absolute atomic E-state index is 9.69. The van der Waals surface area contributed by atoms with Gasteiger partial charge in [0.2, 0.25) is 0 Å². The van der Waals surface area contributed by atoms with Crippen LogP contribution >= 0.6 is 0 Å². The molecule has 0 radical (unpaired) electrons. The van der Waals surface area contributed by atoms with Crippen LogP contribution in [0.2, 0.25) is 0 Å². The van der Waals surface area contributed by atoms with Crippen LogP contribution in [0.3, 0.4) is 0 Å². The zero-order valence-electron chi connectivity index (χ0n) is 11.7. The van der Waals surface area contributed by atoms with E-state index in [0.717, 1.165) is 26.1 Å². The van der Waals surface area contributed by atoms with E-state index in [0.29, 0.717) is 12.0 Å². The number of aliphatic hydroxyl groups is 1. The molecule has 102 valence electrons. The van der Waals surface area contributed by atoms with Crippen LogP contribution in [0.5, 0.6) is 0 Å². The molecule has 1 aliphatic heterocycles. The van der Waals surface area contributed by atoms with Crippen molar-refractivity contribution in [3.05, 3.63) is 18.0 Å². The standard InChI is InChI=1S/C14H25N3O/c1-11(2)17-9-13(7-15-17)8-16-6-4-5-14(10-16)12(3)18/h7,9,11-12,14,18H,4-6,8,10H2,1-3H3/t12-,14+/m1/s1. The van der Waals surface area contributed by atoms with Crippen LogP contribution in [0.1, 0.15) is 45.2 Å². The molecule has 0 unspecified atom stereocenters. The predicted octanol–water partition coefficient (Wildman–Crippen LogP) is 2.06. The van der Waals surface area contributed by atoms with Crippen molar-refractivity contribution in [3.8, 4) is 0 Å². The number of piperidine rings is 1. The van der Waals surface area contributed by atoms with Crippen molar-refractivity contribution in [1.29, 1.82) is 0 Å². The van der Waals surface area contributed by atoms with Gasteiger partial charge in [0, 0.05) is 30.9 Å². The van der Waals surface area contributed by atoms with E-state index in [1.807, 2.05) is 17.8 Å². The van der Waals surface area contributed by atoms with Gasteiger partial charge in [-0.05, 0) is 46.1 Å². The van der Waals surface area contributed by atoms with Crippen molar-refractivity contribution in [2.75, 3.05) is 13.1 Å². The van der Waals surface area contributed by atoms with E-state index in [1.54, 1.807) is 0 Å².